The van der Waals surface area contributed by atoms with E-state index in [0.29, 0.717) is 12.1 Å². The van der Waals surface area contributed by atoms with Gasteiger partial charge in [-0.15, -0.1) is 0 Å². The first kappa shape index (κ1) is 16.7. The van der Waals surface area contributed by atoms with Crippen molar-refractivity contribution in [2.45, 2.75) is 6.92 Å². The van der Waals surface area contributed by atoms with E-state index in [0.717, 1.165) is 45.0 Å². The van der Waals surface area contributed by atoms with Crippen molar-refractivity contribution in [2.24, 2.45) is 0 Å². The number of pyridine rings is 1. The maximum atomic E-state index is 12.2. The molecule has 2 rings (SSSR count). The summed E-state index contributed by atoms with van der Waals surface area (Å²) in [6.45, 7) is 8.87. The van der Waals surface area contributed by atoms with Crippen molar-refractivity contribution in [1.82, 2.24) is 20.1 Å². The van der Waals surface area contributed by atoms with Crippen LogP contribution in [0.2, 0.25) is 0 Å². The molecule has 6 nitrogen and oxygen atoms in total. The second-order valence-electron chi connectivity index (χ2n) is 5.91. The van der Waals surface area contributed by atoms with Gasteiger partial charge in [0.05, 0.1) is 17.4 Å². The number of piperazine rings is 1. The number of nitrogens with one attached hydrogen (secondary N) is 1. The Bertz CT molecular complexity index is 483. The minimum Gasteiger partial charge on any atom is -0.368 e. The second kappa shape index (κ2) is 8.10. The lowest BCUT2D eigenvalue weighted by atomic mass is 10.2. The normalized spacial score (nSPS) is 16.1. The molecule has 0 aromatic carbocycles. The molecule has 1 aromatic rings. The molecule has 1 aliphatic heterocycles. The van der Waals surface area contributed by atoms with Crippen LogP contribution >= 0.6 is 0 Å². The number of likely N-dealkylation sites (N-methyl/N-ethyl adjacent to an activating group) is 2. The first-order valence-corrected chi connectivity index (χ1v) is 7.95. The zero-order valence-corrected chi connectivity index (χ0v) is 13.9. The molecule has 1 amide bonds. The van der Waals surface area contributed by atoms with Crippen molar-refractivity contribution in [3.05, 3.63) is 24.0 Å². The van der Waals surface area contributed by atoms with Gasteiger partial charge in [0.1, 0.15) is 0 Å². The summed E-state index contributed by atoms with van der Waals surface area (Å²) >= 11 is 0. The number of anilines is 1. The predicted octanol–water partition coefficient (Wildman–Crippen LogP) is 0.515. The number of carbonyl (C=O) groups is 1. The summed E-state index contributed by atoms with van der Waals surface area (Å²) in [6.07, 6.45) is 3.48. The Morgan fingerprint density at radius 1 is 1.27 bits per heavy atom. The number of hydrogen-bond acceptors (Lipinski definition) is 5. The zero-order valence-electron chi connectivity index (χ0n) is 13.9. The molecule has 1 aromatic heterocycles. The van der Waals surface area contributed by atoms with Crippen molar-refractivity contribution in [3.8, 4) is 0 Å². The van der Waals surface area contributed by atoms with Gasteiger partial charge < -0.3 is 20.0 Å². The van der Waals surface area contributed by atoms with Crippen LogP contribution < -0.4 is 10.2 Å². The van der Waals surface area contributed by atoms with Crippen LogP contribution in [0.1, 0.15) is 17.3 Å². The molecule has 6 heteroatoms. The molecule has 22 heavy (non-hydrogen) atoms. The van der Waals surface area contributed by atoms with Crippen LogP contribution in [0, 0.1) is 0 Å². The van der Waals surface area contributed by atoms with E-state index in [-0.39, 0.29) is 5.91 Å². The summed E-state index contributed by atoms with van der Waals surface area (Å²) in [6, 6.07) is 1.94. The van der Waals surface area contributed by atoms with Crippen LogP contribution in [0.4, 0.5) is 5.69 Å². The van der Waals surface area contributed by atoms with Crippen molar-refractivity contribution in [1.29, 1.82) is 0 Å². The Hall–Kier alpha value is -1.66. The highest BCUT2D eigenvalue weighted by molar-refractivity contribution is 5.94. The molecule has 0 unspecified atom stereocenters. The van der Waals surface area contributed by atoms with Gasteiger partial charge in [0.15, 0.2) is 0 Å². The summed E-state index contributed by atoms with van der Waals surface area (Å²) in [4.78, 5) is 23.2. The number of hydrogen-bond donors (Lipinski definition) is 1. The fourth-order valence-electron chi connectivity index (χ4n) is 2.54. The number of carbonyl (C=O) groups excluding carboxylic acids is 1. The number of rotatable bonds is 6. The Balaban J connectivity index is 1.93. The van der Waals surface area contributed by atoms with E-state index in [9.17, 15) is 4.79 Å². The average Bonchev–Trinajstić information content (AvgIpc) is 2.54. The molecule has 1 N–H and O–H groups in total. The third-order valence-corrected chi connectivity index (χ3v) is 4.02. The van der Waals surface area contributed by atoms with Crippen LogP contribution in [0.15, 0.2) is 18.5 Å². The molecule has 0 atom stereocenters. The SMILES string of the molecule is CCN1CCN(c2cncc(C(=O)NCCN(C)C)c2)CC1. The highest BCUT2D eigenvalue weighted by Gasteiger charge is 2.17. The summed E-state index contributed by atoms with van der Waals surface area (Å²) < 4.78 is 0. The molecule has 0 spiro atoms. The fourth-order valence-corrected chi connectivity index (χ4v) is 2.54. The molecule has 0 bridgehead atoms. The van der Waals surface area contributed by atoms with E-state index >= 15 is 0 Å². The molecule has 0 radical (unpaired) electrons. The smallest absolute Gasteiger partial charge is 0.252 e. The molecule has 2 heterocycles. The number of aromatic nitrogens is 1. The van der Waals surface area contributed by atoms with Crippen molar-refractivity contribution in [2.75, 3.05) is 64.8 Å². The Morgan fingerprint density at radius 3 is 2.64 bits per heavy atom. The highest BCUT2D eigenvalue weighted by atomic mass is 16.1. The average molecular weight is 305 g/mol. The Kier molecular flexibility index (Phi) is 6.15. The summed E-state index contributed by atoms with van der Waals surface area (Å²) in [5, 5.41) is 2.93. The molecule has 0 saturated carbocycles. The van der Waals surface area contributed by atoms with Crippen LogP contribution in [0.25, 0.3) is 0 Å². The first-order valence-electron chi connectivity index (χ1n) is 7.95. The van der Waals surface area contributed by atoms with Crippen LogP contribution in [0.5, 0.6) is 0 Å². The molecule has 0 aliphatic carbocycles. The van der Waals surface area contributed by atoms with Crippen LogP contribution in [-0.2, 0) is 0 Å². The third kappa shape index (κ3) is 4.68. The molecule has 1 aliphatic rings. The number of amides is 1. The minimum atomic E-state index is -0.0524. The summed E-state index contributed by atoms with van der Waals surface area (Å²) in [7, 11) is 3.98. The number of nitrogens with zero attached hydrogens (tertiary/aromatic N) is 4. The Labute approximate surface area is 133 Å². The zero-order chi connectivity index (χ0) is 15.9. The van der Waals surface area contributed by atoms with E-state index in [2.05, 4.69) is 27.0 Å². The van der Waals surface area contributed by atoms with E-state index in [1.54, 1.807) is 6.20 Å². The second-order valence-corrected chi connectivity index (χ2v) is 5.91. The van der Waals surface area contributed by atoms with Gasteiger partial charge in [-0.05, 0) is 26.7 Å². The van der Waals surface area contributed by atoms with Crippen LogP contribution in [-0.4, -0.2) is 80.6 Å². The molecule has 1 saturated heterocycles. The minimum absolute atomic E-state index is 0.0524. The van der Waals surface area contributed by atoms with Crippen molar-refractivity contribution < 1.29 is 4.79 Å². The van der Waals surface area contributed by atoms with Gasteiger partial charge in [0.25, 0.3) is 5.91 Å². The largest absolute Gasteiger partial charge is 0.368 e. The van der Waals surface area contributed by atoms with Crippen LogP contribution in [0.3, 0.4) is 0 Å². The van der Waals surface area contributed by atoms with Gasteiger partial charge in [0.2, 0.25) is 0 Å². The standard InChI is InChI=1S/C16H27N5O/c1-4-20-7-9-21(10-8-20)15-11-14(12-17-13-15)16(22)18-5-6-19(2)3/h11-13H,4-10H2,1-3H3,(H,18,22). The van der Waals surface area contributed by atoms with Gasteiger partial charge in [-0.1, -0.05) is 6.92 Å². The lowest BCUT2D eigenvalue weighted by Crippen LogP contribution is -2.46. The molecular weight excluding hydrogens is 278 g/mol. The maximum Gasteiger partial charge on any atom is 0.252 e. The van der Waals surface area contributed by atoms with E-state index in [4.69, 9.17) is 0 Å². The highest BCUT2D eigenvalue weighted by Crippen LogP contribution is 2.16. The monoisotopic (exact) mass is 305 g/mol. The first-order chi connectivity index (χ1) is 10.6. The summed E-state index contributed by atoms with van der Waals surface area (Å²) in [5.74, 6) is -0.0524. The van der Waals surface area contributed by atoms with E-state index in [1.807, 2.05) is 31.3 Å². The van der Waals surface area contributed by atoms with E-state index in [1.165, 1.54) is 0 Å². The Morgan fingerprint density at radius 2 is 2.00 bits per heavy atom. The fraction of sp³-hybridized carbons (Fsp3) is 0.625. The third-order valence-electron chi connectivity index (χ3n) is 4.02. The van der Waals surface area contributed by atoms with Gasteiger partial charge >= 0.3 is 0 Å². The van der Waals surface area contributed by atoms with Gasteiger partial charge in [0, 0.05) is 45.5 Å². The molecular formula is C16H27N5O. The van der Waals surface area contributed by atoms with Gasteiger partial charge in [-0.3, -0.25) is 9.78 Å². The molecule has 1 fully saturated rings. The molecule has 122 valence electrons. The maximum absolute atomic E-state index is 12.2. The topological polar surface area (TPSA) is 51.7 Å². The summed E-state index contributed by atoms with van der Waals surface area (Å²) in [5.41, 5.74) is 1.67. The quantitative estimate of drug-likeness (QED) is 0.830. The van der Waals surface area contributed by atoms with Crippen molar-refractivity contribution >= 4 is 11.6 Å². The van der Waals surface area contributed by atoms with Gasteiger partial charge in [-0.2, -0.15) is 0 Å². The predicted molar refractivity (Wildman–Crippen MR) is 89.5 cm³/mol. The van der Waals surface area contributed by atoms with Gasteiger partial charge in [-0.25, -0.2) is 0 Å². The lowest BCUT2D eigenvalue weighted by molar-refractivity contribution is 0.0950. The lowest BCUT2D eigenvalue weighted by Gasteiger charge is -2.35. The van der Waals surface area contributed by atoms with Crippen molar-refractivity contribution in [3.63, 3.8) is 0 Å². The van der Waals surface area contributed by atoms with E-state index < -0.39 is 0 Å².